The number of hydrogen-bond donors (Lipinski definition) is 1. The highest BCUT2D eigenvalue weighted by atomic mass is 16.4. The average molecular weight is 143 g/mol. The van der Waals surface area contributed by atoms with E-state index in [1.54, 1.807) is 0 Å². The van der Waals surface area contributed by atoms with Crippen molar-refractivity contribution in [3.05, 3.63) is 0 Å². The van der Waals surface area contributed by atoms with Crippen LogP contribution in [-0.4, -0.2) is 10.9 Å². The van der Waals surface area contributed by atoms with E-state index in [1.165, 1.54) is 12.8 Å². The molecule has 0 aliphatic carbocycles. The predicted molar refractivity (Wildman–Crippen MR) is 43.6 cm³/mol. The van der Waals surface area contributed by atoms with Crippen molar-refractivity contribution in [3.63, 3.8) is 0 Å². The van der Waals surface area contributed by atoms with Crippen LogP contribution in [0.4, 0.5) is 0 Å². The molecule has 0 amide bonds. The van der Waals surface area contributed by atoms with E-state index >= 15 is 0 Å². The molecule has 0 spiro atoms. The van der Waals surface area contributed by atoms with Gasteiger partial charge in [0, 0.05) is 0 Å². The molecule has 60 valence electrons. The van der Waals surface area contributed by atoms with E-state index in [4.69, 9.17) is 5.21 Å². The fraction of sp³-hybridized carbons (Fsp3) is 0.875. The Morgan fingerprint density at radius 2 is 2.20 bits per heavy atom. The Kier molecular flexibility index (Phi) is 4.99. The molecule has 0 radical (unpaired) electrons. The molecule has 2 nitrogen and oxygen atoms in total. The lowest BCUT2D eigenvalue weighted by Crippen LogP contribution is -2.06. The van der Waals surface area contributed by atoms with Gasteiger partial charge in [0.1, 0.15) is 0 Å². The van der Waals surface area contributed by atoms with Crippen LogP contribution >= 0.6 is 0 Å². The van der Waals surface area contributed by atoms with Crippen molar-refractivity contribution in [2.24, 2.45) is 11.1 Å². The summed E-state index contributed by atoms with van der Waals surface area (Å²) in [6.07, 6.45) is 3.56. The summed E-state index contributed by atoms with van der Waals surface area (Å²) in [5.41, 5.74) is 0.841. The van der Waals surface area contributed by atoms with Crippen molar-refractivity contribution in [3.8, 4) is 0 Å². The number of nitrogens with zero attached hydrogens (tertiary/aromatic N) is 1. The quantitative estimate of drug-likeness (QED) is 0.366. The zero-order valence-electron chi connectivity index (χ0n) is 7.09. The van der Waals surface area contributed by atoms with Crippen LogP contribution < -0.4 is 0 Å². The first-order chi connectivity index (χ1) is 4.72. The van der Waals surface area contributed by atoms with E-state index in [0.717, 1.165) is 12.1 Å². The number of hydrogen-bond acceptors (Lipinski definition) is 2. The lowest BCUT2D eigenvalue weighted by Gasteiger charge is -2.07. The molecule has 1 N–H and O–H groups in total. The Morgan fingerprint density at radius 3 is 2.60 bits per heavy atom. The third kappa shape index (κ3) is 3.49. The molecule has 0 rings (SSSR count). The lowest BCUT2D eigenvalue weighted by molar-refractivity contribution is 0.314. The molecule has 0 aliphatic heterocycles. The molecule has 0 heterocycles. The maximum absolute atomic E-state index is 8.39. The molecule has 0 bridgehead atoms. The predicted octanol–water partition coefficient (Wildman–Crippen LogP) is 2.66. The first-order valence-corrected chi connectivity index (χ1v) is 3.90. The minimum atomic E-state index is 0.435. The number of rotatable bonds is 4. The molecule has 0 aromatic heterocycles. The van der Waals surface area contributed by atoms with E-state index in [0.29, 0.717) is 5.92 Å². The van der Waals surface area contributed by atoms with Crippen LogP contribution in [0.25, 0.3) is 0 Å². The van der Waals surface area contributed by atoms with E-state index in [1.807, 2.05) is 6.92 Å². The molecule has 0 aliphatic rings. The number of oxime groups is 1. The van der Waals surface area contributed by atoms with Gasteiger partial charge < -0.3 is 5.21 Å². The molecule has 0 aromatic carbocycles. The van der Waals surface area contributed by atoms with Gasteiger partial charge in [-0.15, -0.1) is 0 Å². The summed E-state index contributed by atoms with van der Waals surface area (Å²) in [6.45, 7) is 6.11. The molecular formula is C8H17NO. The largest absolute Gasteiger partial charge is 0.411 e. The van der Waals surface area contributed by atoms with Crippen molar-refractivity contribution in [2.45, 2.75) is 40.0 Å². The molecular weight excluding hydrogens is 126 g/mol. The summed E-state index contributed by atoms with van der Waals surface area (Å²) < 4.78 is 0. The first-order valence-electron chi connectivity index (χ1n) is 3.90. The van der Waals surface area contributed by atoms with Gasteiger partial charge in [0.2, 0.25) is 0 Å². The Labute approximate surface area is 62.9 Å². The van der Waals surface area contributed by atoms with Gasteiger partial charge in [0.25, 0.3) is 0 Å². The van der Waals surface area contributed by atoms with Crippen LogP contribution in [-0.2, 0) is 0 Å². The summed E-state index contributed by atoms with van der Waals surface area (Å²) in [5.74, 6) is 0.435. The van der Waals surface area contributed by atoms with Gasteiger partial charge in [0.05, 0.1) is 5.71 Å². The van der Waals surface area contributed by atoms with Crippen LogP contribution in [0.3, 0.4) is 0 Å². The second kappa shape index (κ2) is 5.27. The normalized spacial score (nSPS) is 15.3. The van der Waals surface area contributed by atoms with E-state index < -0.39 is 0 Å². The minimum absolute atomic E-state index is 0.435. The molecule has 1 unspecified atom stereocenters. The maximum atomic E-state index is 8.39. The minimum Gasteiger partial charge on any atom is -0.411 e. The van der Waals surface area contributed by atoms with Gasteiger partial charge in [-0.05, 0) is 19.3 Å². The van der Waals surface area contributed by atoms with E-state index in [2.05, 4.69) is 19.0 Å². The van der Waals surface area contributed by atoms with Gasteiger partial charge in [-0.25, -0.2) is 0 Å². The first kappa shape index (κ1) is 9.47. The fourth-order valence-corrected chi connectivity index (χ4v) is 0.818. The Bertz CT molecular complexity index is 110. The molecule has 1 atom stereocenters. The van der Waals surface area contributed by atoms with Gasteiger partial charge in [-0.3, -0.25) is 0 Å². The lowest BCUT2D eigenvalue weighted by atomic mass is 10.0. The Hall–Kier alpha value is -0.530. The topological polar surface area (TPSA) is 32.6 Å². The highest BCUT2D eigenvalue weighted by molar-refractivity contribution is 5.83. The van der Waals surface area contributed by atoms with Crippen molar-refractivity contribution >= 4 is 5.71 Å². The third-order valence-electron chi connectivity index (χ3n) is 1.86. The van der Waals surface area contributed by atoms with Gasteiger partial charge in [-0.2, -0.15) is 0 Å². The molecule has 0 saturated carbocycles. The fourth-order valence-electron chi connectivity index (χ4n) is 0.818. The van der Waals surface area contributed by atoms with Crippen molar-refractivity contribution in [1.82, 2.24) is 0 Å². The van der Waals surface area contributed by atoms with Crippen LogP contribution in [0.15, 0.2) is 5.16 Å². The van der Waals surface area contributed by atoms with Crippen molar-refractivity contribution in [1.29, 1.82) is 0 Å². The zero-order valence-corrected chi connectivity index (χ0v) is 7.09. The van der Waals surface area contributed by atoms with Crippen LogP contribution in [0.1, 0.15) is 40.0 Å². The number of unbranched alkanes of at least 4 members (excludes halogenated alkanes) is 1. The molecule has 0 fully saturated rings. The maximum Gasteiger partial charge on any atom is 0.0568 e. The average Bonchev–Trinajstić information content (AvgIpc) is 1.98. The van der Waals surface area contributed by atoms with Crippen LogP contribution in [0, 0.1) is 5.92 Å². The van der Waals surface area contributed by atoms with Gasteiger partial charge in [0.15, 0.2) is 0 Å². The smallest absolute Gasteiger partial charge is 0.0568 e. The summed E-state index contributed by atoms with van der Waals surface area (Å²) in [5, 5.41) is 11.6. The molecule has 0 aromatic rings. The van der Waals surface area contributed by atoms with E-state index in [-0.39, 0.29) is 0 Å². The Morgan fingerprint density at radius 1 is 1.60 bits per heavy atom. The SMILES string of the molecule is CCCCC(C)/C(C)=N\O. The highest BCUT2D eigenvalue weighted by Gasteiger charge is 2.04. The summed E-state index contributed by atoms with van der Waals surface area (Å²) in [7, 11) is 0. The van der Waals surface area contributed by atoms with E-state index in [9.17, 15) is 0 Å². The third-order valence-corrected chi connectivity index (χ3v) is 1.86. The van der Waals surface area contributed by atoms with Crippen molar-refractivity contribution in [2.75, 3.05) is 0 Å². The second-order valence-electron chi connectivity index (χ2n) is 2.78. The van der Waals surface area contributed by atoms with Crippen molar-refractivity contribution < 1.29 is 5.21 Å². The van der Waals surface area contributed by atoms with Gasteiger partial charge >= 0.3 is 0 Å². The van der Waals surface area contributed by atoms with Crippen LogP contribution in [0.2, 0.25) is 0 Å². The molecule has 10 heavy (non-hydrogen) atoms. The molecule has 2 heteroatoms. The van der Waals surface area contributed by atoms with Gasteiger partial charge in [-0.1, -0.05) is 31.8 Å². The highest BCUT2D eigenvalue weighted by Crippen LogP contribution is 2.08. The monoisotopic (exact) mass is 143 g/mol. The molecule has 0 saturated heterocycles. The summed E-state index contributed by atoms with van der Waals surface area (Å²) >= 11 is 0. The second-order valence-corrected chi connectivity index (χ2v) is 2.78. The zero-order chi connectivity index (χ0) is 7.98. The summed E-state index contributed by atoms with van der Waals surface area (Å²) in [4.78, 5) is 0. The Balaban J connectivity index is 3.51. The standard InChI is InChI=1S/C8H17NO/c1-4-5-6-7(2)8(3)9-10/h7,10H,4-6H2,1-3H3/b9-8-. The van der Waals surface area contributed by atoms with Crippen LogP contribution in [0.5, 0.6) is 0 Å². The summed E-state index contributed by atoms with van der Waals surface area (Å²) in [6, 6.07) is 0.